The van der Waals surface area contributed by atoms with Crippen LogP contribution >= 0.6 is 11.8 Å². The van der Waals surface area contributed by atoms with Gasteiger partial charge in [-0.1, -0.05) is 335 Å². The molecule has 0 spiro atoms. The molecule has 0 amide bonds. The first kappa shape index (κ1) is 105. The zero-order valence-electron chi connectivity index (χ0n) is 83.8. The van der Waals surface area contributed by atoms with Crippen molar-refractivity contribution in [3.05, 3.63) is 417 Å². The van der Waals surface area contributed by atoms with Crippen LogP contribution in [0.5, 0.6) is 0 Å². The van der Waals surface area contributed by atoms with Crippen molar-refractivity contribution in [3.8, 4) is 33.8 Å². The summed E-state index contributed by atoms with van der Waals surface area (Å²) in [5.41, 5.74) is 29.3. The Labute approximate surface area is 824 Å². The topological polar surface area (TPSA) is 165 Å². The van der Waals surface area contributed by atoms with Crippen LogP contribution in [0.25, 0.3) is 55.6 Å². The predicted molar refractivity (Wildman–Crippen MR) is 580 cm³/mol. The number of aliphatic imine (C=N–C) groups is 5. The van der Waals surface area contributed by atoms with Gasteiger partial charge in [-0.15, -0.1) is 11.8 Å². The van der Waals surface area contributed by atoms with Gasteiger partial charge in [-0.25, -0.2) is 34.7 Å². The summed E-state index contributed by atoms with van der Waals surface area (Å²) < 4.78 is 44.6. The smallest absolute Gasteiger partial charge is 0.417 e. The maximum absolute atomic E-state index is 13.4. The molecule has 6 aromatic heterocycles. The second-order valence-corrected chi connectivity index (χ2v) is 37.3. The third-order valence-corrected chi connectivity index (χ3v) is 24.0. The van der Waals surface area contributed by atoms with Crippen molar-refractivity contribution in [2.45, 2.75) is 190 Å². The number of ether oxygens (including phenoxy) is 1. The highest BCUT2D eigenvalue weighted by Gasteiger charge is 2.34. The Morgan fingerprint density at radius 1 is 0.338 bits per heavy atom. The number of rotatable bonds is 23. The number of aromatic nitrogens is 6. The lowest BCUT2D eigenvalue weighted by Crippen LogP contribution is -2.07. The lowest BCUT2D eigenvalue weighted by atomic mass is 9.93. The summed E-state index contributed by atoms with van der Waals surface area (Å²) in [6.07, 6.45) is 8.31. The predicted octanol–water partition coefficient (Wildman–Crippen LogP) is 34.0. The van der Waals surface area contributed by atoms with Gasteiger partial charge in [-0.05, 0) is 221 Å². The fraction of sp³-hybridized carbons (Fsp3) is 0.246. The standard InChI is InChI=1S/C27H32N2.C25H25F3N2.C24H26N2.C22H24N2.C17H14N2S.C7H7NO2/c1-17(2)23-11-9-12-24(18(3)4)27(23)28-16-22-10-8-13-25(29-22)26-20(6)14-19(5)15-21(26)7;1-16(2)19-11-8-12-20(17(3)4)24(19)29-15-18-9-7-14-23(30-18)21-10-5-6-13-22(21)25(26,27)28;1-17(2)21-13-9-14-22(18(3)4)24(21)25-16-20-12-8-15-23(26-20)19-10-6-5-7-11-19;1-15(2)19-9-7-10-20(16(3)4)22(19)23-14-18-13-12-17-8-5-6-11-21(17)24-18;1-20-17-9-5-4-8-16(17)18-12-14-11-10-13-6-2-3-7-15(13)19-14;1-10-7(9)6-4-2-3-5-8-6/h8-18H,1-7H3;5-17H,1-4H3;5-18H,1-4H3;5-16H,1-4H3;2-12H,1H3;2-5H,1H3. The van der Waals surface area contributed by atoms with E-state index in [2.05, 4.69) is 296 Å². The van der Waals surface area contributed by atoms with Crippen molar-refractivity contribution < 1.29 is 22.7 Å². The number of halogens is 3. The molecule has 6 heterocycles. The Morgan fingerprint density at radius 3 is 1.07 bits per heavy atom. The first-order valence-electron chi connectivity index (χ1n) is 47.6. The summed E-state index contributed by atoms with van der Waals surface area (Å²) in [5, 5.41) is 2.30. The second-order valence-electron chi connectivity index (χ2n) is 36.4. The minimum absolute atomic E-state index is 0.0608. The molecule has 16 rings (SSSR count). The largest absolute Gasteiger partial charge is 0.464 e. The van der Waals surface area contributed by atoms with Crippen molar-refractivity contribution in [2.75, 3.05) is 13.4 Å². The molecule has 17 heteroatoms. The van der Waals surface area contributed by atoms with Crippen LogP contribution in [0.15, 0.2) is 345 Å². The quantitative estimate of drug-likeness (QED) is 0.0344. The highest BCUT2D eigenvalue weighted by molar-refractivity contribution is 7.98. The second kappa shape index (κ2) is 51.1. The van der Waals surface area contributed by atoms with Crippen LogP contribution in [-0.4, -0.2) is 80.3 Å². The van der Waals surface area contributed by atoms with Crippen molar-refractivity contribution in [3.63, 3.8) is 0 Å². The van der Waals surface area contributed by atoms with Gasteiger partial charge in [0, 0.05) is 38.6 Å². The lowest BCUT2D eigenvalue weighted by molar-refractivity contribution is -0.137. The van der Waals surface area contributed by atoms with E-state index in [-0.39, 0.29) is 11.3 Å². The molecule has 0 saturated carbocycles. The van der Waals surface area contributed by atoms with E-state index in [0.717, 1.165) is 107 Å². The van der Waals surface area contributed by atoms with Crippen LogP contribution < -0.4 is 0 Å². The number of nitrogens with zero attached hydrogens (tertiary/aromatic N) is 11. The molecule has 0 fully saturated rings. The number of hydrogen-bond acceptors (Lipinski definition) is 14. The van der Waals surface area contributed by atoms with Crippen LogP contribution in [0.2, 0.25) is 0 Å². The fourth-order valence-corrected chi connectivity index (χ4v) is 16.6. The van der Waals surface area contributed by atoms with Gasteiger partial charge in [-0.2, -0.15) is 13.2 Å². The number of pyridine rings is 6. The number of thioether (sulfide) groups is 1. The van der Waals surface area contributed by atoms with Gasteiger partial charge in [0.2, 0.25) is 0 Å². The number of fused-ring (bicyclic) bond motifs is 2. The molecule has 0 unspecified atom stereocenters. The Bertz CT molecular complexity index is 6810. The van der Waals surface area contributed by atoms with E-state index >= 15 is 0 Å². The molecule has 0 saturated heterocycles. The summed E-state index contributed by atoms with van der Waals surface area (Å²) >= 11 is 1.70. The van der Waals surface area contributed by atoms with E-state index in [0.29, 0.717) is 58.7 Å². The Morgan fingerprint density at radius 2 is 0.676 bits per heavy atom. The Hall–Kier alpha value is -14.4. The Balaban J connectivity index is 0.000000163. The minimum Gasteiger partial charge on any atom is -0.464 e. The van der Waals surface area contributed by atoms with Crippen molar-refractivity contribution in [1.82, 2.24) is 29.9 Å². The molecule has 0 radical (unpaired) electrons. The average Bonchev–Trinajstić information content (AvgIpc) is 0.805. The minimum atomic E-state index is -4.44. The van der Waals surface area contributed by atoms with Gasteiger partial charge in [0.15, 0.2) is 0 Å². The number of esters is 1. The van der Waals surface area contributed by atoms with E-state index in [9.17, 15) is 18.0 Å². The normalized spacial score (nSPS) is 11.6. The van der Waals surface area contributed by atoms with E-state index in [1.54, 1.807) is 66.6 Å². The number of para-hydroxylation sites is 7. The SMILES string of the molecule is CC(C)c1cccc(C(C)C)c1N=Cc1ccc2ccccc2n1.CC(C)c1cccc(C(C)C)c1N=Cc1cccc(-c2ccccc2)n1.CC(C)c1cccc(C(C)C)c1N=Cc1cccc(-c2ccccc2C(F)(F)F)n1.COC(=O)c1ccccn1.CSc1ccccc1N=Cc1ccc2ccccc2n1.Cc1cc(C)c(-c2cccc(C=Nc3c(C(C)C)cccc3C(C)C)n2)c(C)c1. The van der Waals surface area contributed by atoms with Crippen molar-refractivity contribution >= 4 is 99.0 Å². The van der Waals surface area contributed by atoms with Gasteiger partial charge >= 0.3 is 12.1 Å². The molecule has 16 aromatic rings. The summed E-state index contributed by atoms with van der Waals surface area (Å²) in [6.45, 7) is 41.5. The van der Waals surface area contributed by atoms with E-state index in [1.807, 2.05) is 140 Å². The number of methoxy groups -OCH3 is 1. The maximum atomic E-state index is 13.4. The van der Waals surface area contributed by atoms with E-state index < -0.39 is 17.7 Å². The van der Waals surface area contributed by atoms with E-state index in [1.165, 1.54) is 79.8 Å². The molecule has 139 heavy (non-hydrogen) atoms. The first-order chi connectivity index (χ1) is 66.8. The molecule has 0 aliphatic rings. The van der Waals surface area contributed by atoms with Gasteiger partial charge in [0.25, 0.3) is 0 Å². The summed E-state index contributed by atoms with van der Waals surface area (Å²) in [4.78, 5) is 62.9. The molecule has 0 bridgehead atoms. The third-order valence-electron chi connectivity index (χ3n) is 23.2. The number of benzene rings is 10. The van der Waals surface area contributed by atoms with Gasteiger partial charge < -0.3 is 4.74 Å². The van der Waals surface area contributed by atoms with Crippen molar-refractivity contribution in [1.29, 1.82) is 0 Å². The lowest BCUT2D eigenvalue weighted by Gasteiger charge is -2.16. The number of aryl methyl sites for hydroxylation is 3. The monoisotopic (exact) mass is 1870 g/mol. The highest BCUT2D eigenvalue weighted by Crippen LogP contribution is 2.42. The molecular weight excluding hydrogens is 1740 g/mol. The molecule has 0 aliphatic carbocycles. The van der Waals surface area contributed by atoms with Crippen LogP contribution in [-0.2, 0) is 10.9 Å². The summed E-state index contributed by atoms with van der Waals surface area (Å²) in [6, 6.07) is 101. The van der Waals surface area contributed by atoms with Crippen LogP contribution in [0.3, 0.4) is 0 Å². The molecule has 0 aliphatic heterocycles. The van der Waals surface area contributed by atoms with Gasteiger partial charge in [0.05, 0.1) is 129 Å². The van der Waals surface area contributed by atoms with Crippen LogP contribution in [0, 0.1) is 20.8 Å². The van der Waals surface area contributed by atoms with Crippen LogP contribution in [0.4, 0.5) is 41.6 Å². The number of alkyl halides is 3. The van der Waals surface area contributed by atoms with E-state index in [4.69, 9.17) is 34.9 Å². The summed E-state index contributed by atoms with van der Waals surface area (Å²) in [7, 11) is 1.33. The molecule has 0 N–H and O–H groups in total. The molecule has 710 valence electrons. The van der Waals surface area contributed by atoms with Gasteiger partial charge in [0.1, 0.15) is 5.69 Å². The highest BCUT2D eigenvalue weighted by atomic mass is 32.2. The molecule has 13 nitrogen and oxygen atoms in total. The van der Waals surface area contributed by atoms with Crippen LogP contribution in [0.1, 0.15) is 264 Å². The zero-order chi connectivity index (χ0) is 99.8. The third kappa shape index (κ3) is 29.6. The van der Waals surface area contributed by atoms with Crippen molar-refractivity contribution in [2.24, 2.45) is 25.0 Å². The van der Waals surface area contributed by atoms with Gasteiger partial charge in [-0.3, -0.25) is 25.0 Å². The summed E-state index contributed by atoms with van der Waals surface area (Å²) in [5.74, 6) is 2.81. The number of carbonyl (C=O) groups is 1. The number of hydrogen-bond donors (Lipinski definition) is 0. The number of carbonyl (C=O) groups excluding carboxylic acids is 1. The Kier molecular flexibility index (Phi) is 38.6. The fourth-order valence-electron chi connectivity index (χ4n) is 16.1. The zero-order valence-corrected chi connectivity index (χ0v) is 84.6. The maximum Gasteiger partial charge on any atom is 0.417 e. The molecule has 10 aromatic carbocycles. The molecular formula is C122H128F3N11O2S. The first-order valence-corrected chi connectivity index (χ1v) is 48.8. The average molecular weight is 1870 g/mol. The molecule has 0 atom stereocenters.